The van der Waals surface area contributed by atoms with Crippen molar-refractivity contribution in [2.75, 3.05) is 20.1 Å². The van der Waals surface area contributed by atoms with Gasteiger partial charge in [0, 0.05) is 38.4 Å². The van der Waals surface area contributed by atoms with Gasteiger partial charge in [0.25, 0.3) is 0 Å². The topological polar surface area (TPSA) is 75.5 Å². The molecule has 1 fully saturated rings. The maximum Gasteiger partial charge on any atom is 0.243 e. The van der Waals surface area contributed by atoms with Crippen LogP contribution in [-0.2, 0) is 27.9 Å². The van der Waals surface area contributed by atoms with Gasteiger partial charge in [0.1, 0.15) is 0 Å². The molecule has 1 atom stereocenters. The first-order chi connectivity index (χ1) is 15.4. The predicted octanol–water partition coefficient (Wildman–Crippen LogP) is 2.99. The Morgan fingerprint density at radius 2 is 1.75 bits per heavy atom. The zero-order chi connectivity index (χ0) is 22.6. The highest BCUT2D eigenvalue weighted by molar-refractivity contribution is 7.89. The molecule has 7 nitrogen and oxygen atoms in total. The number of nitrogens with zero attached hydrogens (tertiary/aromatic N) is 4. The van der Waals surface area contributed by atoms with Crippen LogP contribution in [-0.4, -0.2) is 53.4 Å². The van der Waals surface area contributed by atoms with E-state index in [1.807, 2.05) is 29.1 Å². The second-order valence-electron chi connectivity index (χ2n) is 8.24. The van der Waals surface area contributed by atoms with E-state index in [-0.39, 0.29) is 23.3 Å². The molecule has 0 bridgehead atoms. The van der Waals surface area contributed by atoms with Crippen molar-refractivity contribution in [2.24, 2.45) is 5.92 Å². The van der Waals surface area contributed by atoms with Crippen molar-refractivity contribution in [3.8, 4) is 0 Å². The normalized spacial score (nSPS) is 17.2. The Balaban J connectivity index is 1.37. The Kier molecular flexibility index (Phi) is 6.72. The van der Waals surface area contributed by atoms with Crippen LogP contribution < -0.4 is 0 Å². The van der Waals surface area contributed by atoms with E-state index >= 15 is 0 Å². The van der Waals surface area contributed by atoms with E-state index in [9.17, 15) is 13.2 Å². The quantitative estimate of drug-likeness (QED) is 0.552. The van der Waals surface area contributed by atoms with Crippen LogP contribution in [0.5, 0.6) is 0 Å². The summed E-state index contributed by atoms with van der Waals surface area (Å²) in [6.07, 6.45) is 5.09. The Bertz CT molecular complexity index is 1150. The molecule has 3 aromatic rings. The summed E-state index contributed by atoms with van der Waals surface area (Å²) in [5.74, 6) is -0.375. The average molecular weight is 453 g/mol. The highest BCUT2D eigenvalue weighted by Gasteiger charge is 2.34. The summed E-state index contributed by atoms with van der Waals surface area (Å²) >= 11 is 0. The molecule has 2 heterocycles. The molecule has 0 aliphatic carbocycles. The highest BCUT2D eigenvalue weighted by Crippen LogP contribution is 2.25. The largest absolute Gasteiger partial charge is 0.341 e. The molecule has 1 aliphatic rings. The van der Waals surface area contributed by atoms with Crippen molar-refractivity contribution in [2.45, 2.75) is 30.8 Å². The standard InChI is InChI=1S/C24H28N4O3S/c1-26(16-21-15-25-27(18-21)17-20-9-4-2-5-10-20)24(29)22-11-8-14-28(19-22)32(30,31)23-12-6-3-7-13-23/h2-7,9-10,12-13,15,18,22H,8,11,14,16-17,19H2,1H3. The lowest BCUT2D eigenvalue weighted by molar-refractivity contribution is -0.135. The van der Waals surface area contributed by atoms with Crippen LogP contribution in [0.3, 0.4) is 0 Å². The smallest absolute Gasteiger partial charge is 0.243 e. The first-order valence-corrected chi connectivity index (χ1v) is 12.2. The number of benzene rings is 2. The third-order valence-electron chi connectivity index (χ3n) is 5.78. The van der Waals surface area contributed by atoms with Crippen LogP contribution in [0.2, 0.25) is 0 Å². The number of hydrogen-bond acceptors (Lipinski definition) is 4. The predicted molar refractivity (Wildman–Crippen MR) is 122 cm³/mol. The molecule has 1 saturated heterocycles. The molecule has 32 heavy (non-hydrogen) atoms. The van der Waals surface area contributed by atoms with E-state index < -0.39 is 10.0 Å². The number of sulfonamides is 1. The Hall–Kier alpha value is -2.97. The van der Waals surface area contributed by atoms with Gasteiger partial charge in [-0.3, -0.25) is 9.48 Å². The molecule has 1 aliphatic heterocycles. The van der Waals surface area contributed by atoms with E-state index in [0.717, 1.165) is 11.1 Å². The summed E-state index contributed by atoms with van der Waals surface area (Å²) in [6, 6.07) is 18.5. The Morgan fingerprint density at radius 3 is 2.47 bits per heavy atom. The minimum absolute atomic E-state index is 0.0335. The van der Waals surface area contributed by atoms with E-state index in [1.165, 1.54) is 4.31 Å². The molecule has 2 aromatic carbocycles. The van der Waals surface area contributed by atoms with E-state index in [4.69, 9.17) is 0 Å². The number of aromatic nitrogens is 2. The van der Waals surface area contributed by atoms with Gasteiger partial charge in [0.05, 0.1) is 23.6 Å². The van der Waals surface area contributed by atoms with Gasteiger partial charge < -0.3 is 4.90 Å². The number of carbonyl (C=O) groups excluding carboxylic acids is 1. The van der Waals surface area contributed by atoms with Crippen molar-refractivity contribution in [1.82, 2.24) is 19.0 Å². The fourth-order valence-electron chi connectivity index (χ4n) is 4.11. The minimum Gasteiger partial charge on any atom is -0.341 e. The van der Waals surface area contributed by atoms with Crippen molar-refractivity contribution in [3.05, 3.63) is 84.2 Å². The van der Waals surface area contributed by atoms with Crippen molar-refractivity contribution in [1.29, 1.82) is 0 Å². The minimum atomic E-state index is -3.59. The van der Waals surface area contributed by atoms with Crippen LogP contribution in [0.4, 0.5) is 0 Å². The average Bonchev–Trinajstić information content (AvgIpc) is 3.26. The molecule has 0 radical (unpaired) electrons. The number of carbonyl (C=O) groups is 1. The summed E-state index contributed by atoms with van der Waals surface area (Å²) < 4.78 is 29.2. The van der Waals surface area contributed by atoms with Crippen LogP contribution in [0.25, 0.3) is 0 Å². The molecule has 0 saturated carbocycles. The Morgan fingerprint density at radius 1 is 1.06 bits per heavy atom. The van der Waals surface area contributed by atoms with Gasteiger partial charge in [-0.1, -0.05) is 48.5 Å². The lowest BCUT2D eigenvalue weighted by Gasteiger charge is -2.33. The highest BCUT2D eigenvalue weighted by atomic mass is 32.2. The van der Waals surface area contributed by atoms with Gasteiger partial charge in [0.2, 0.25) is 15.9 Å². The molecule has 8 heteroatoms. The van der Waals surface area contributed by atoms with Gasteiger partial charge in [0.15, 0.2) is 0 Å². The van der Waals surface area contributed by atoms with Gasteiger partial charge in [-0.2, -0.15) is 9.40 Å². The van der Waals surface area contributed by atoms with Gasteiger partial charge in [-0.05, 0) is 30.5 Å². The van der Waals surface area contributed by atoms with Gasteiger partial charge in [-0.25, -0.2) is 8.42 Å². The summed E-state index contributed by atoms with van der Waals surface area (Å²) in [7, 11) is -1.82. The van der Waals surface area contributed by atoms with Gasteiger partial charge in [-0.15, -0.1) is 0 Å². The maximum absolute atomic E-state index is 13.1. The monoisotopic (exact) mass is 452 g/mol. The lowest BCUT2D eigenvalue weighted by atomic mass is 9.98. The molecular formula is C24H28N4O3S. The summed E-state index contributed by atoms with van der Waals surface area (Å²) in [4.78, 5) is 15.0. The molecule has 0 spiro atoms. The summed E-state index contributed by atoms with van der Waals surface area (Å²) in [6.45, 7) is 1.77. The summed E-state index contributed by atoms with van der Waals surface area (Å²) in [5.41, 5.74) is 2.11. The molecule has 1 unspecified atom stereocenters. The third kappa shape index (κ3) is 5.08. The number of rotatable bonds is 7. The molecule has 168 valence electrons. The molecular weight excluding hydrogens is 424 g/mol. The molecule has 0 N–H and O–H groups in total. The zero-order valence-corrected chi connectivity index (χ0v) is 19.0. The van der Waals surface area contributed by atoms with Gasteiger partial charge >= 0.3 is 0 Å². The van der Waals surface area contributed by atoms with Crippen molar-refractivity contribution >= 4 is 15.9 Å². The number of hydrogen-bond donors (Lipinski definition) is 0. The second kappa shape index (κ2) is 9.67. The lowest BCUT2D eigenvalue weighted by Crippen LogP contribution is -2.45. The molecule has 1 aromatic heterocycles. The molecule has 4 rings (SSSR count). The second-order valence-corrected chi connectivity index (χ2v) is 10.2. The van der Waals surface area contributed by atoms with Crippen LogP contribution in [0, 0.1) is 5.92 Å². The molecule has 1 amide bonds. The van der Waals surface area contributed by atoms with Crippen molar-refractivity contribution < 1.29 is 13.2 Å². The van der Waals surface area contributed by atoms with Crippen LogP contribution >= 0.6 is 0 Å². The fraction of sp³-hybridized carbons (Fsp3) is 0.333. The maximum atomic E-state index is 13.1. The van der Waals surface area contributed by atoms with Crippen LogP contribution in [0.1, 0.15) is 24.0 Å². The van der Waals surface area contributed by atoms with Crippen molar-refractivity contribution in [3.63, 3.8) is 0 Å². The van der Waals surface area contributed by atoms with E-state index in [1.54, 1.807) is 48.5 Å². The summed E-state index contributed by atoms with van der Waals surface area (Å²) in [5, 5.41) is 4.41. The SMILES string of the molecule is CN(Cc1cnn(Cc2ccccc2)c1)C(=O)C1CCCN(S(=O)(=O)c2ccccc2)C1. The fourth-order valence-corrected chi connectivity index (χ4v) is 5.66. The first kappa shape index (κ1) is 22.2. The Labute approximate surface area is 189 Å². The first-order valence-electron chi connectivity index (χ1n) is 10.8. The van der Waals surface area contributed by atoms with E-state index in [0.29, 0.717) is 32.5 Å². The third-order valence-corrected chi connectivity index (χ3v) is 7.66. The van der Waals surface area contributed by atoms with E-state index in [2.05, 4.69) is 17.2 Å². The van der Waals surface area contributed by atoms with Crippen LogP contribution in [0.15, 0.2) is 78.0 Å². The zero-order valence-electron chi connectivity index (χ0n) is 18.2. The number of amides is 1. The number of piperidine rings is 1.